The van der Waals surface area contributed by atoms with E-state index in [0.717, 1.165) is 12.0 Å². The van der Waals surface area contributed by atoms with Crippen molar-refractivity contribution in [1.82, 2.24) is 9.78 Å². The van der Waals surface area contributed by atoms with Crippen LogP contribution < -0.4 is 0 Å². The molecule has 1 rings (SSSR count). The summed E-state index contributed by atoms with van der Waals surface area (Å²) in [7, 11) is 1.89. The quantitative estimate of drug-likeness (QED) is 0.769. The molecule has 0 aliphatic carbocycles. The molecule has 0 radical (unpaired) electrons. The van der Waals surface area contributed by atoms with Gasteiger partial charge in [-0.3, -0.25) is 4.68 Å². The van der Waals surface area contributed by atoms with Crippen molar-refractivity contribution in [3.63, 3.8) is 0 Å². The largest absolute Gasteiger partial charge is 0.388 e. The SMILES string of the molecule is CCOCC(C)(O)CCc1cnn(C)c1. The van der Waals surface area contributed by atoms with Crippen LogP contribution in [0.4, 0.5) is 0 Å². The summed E-state index contributed by atoms with van der Waals surface area (Å²) in [5.74, 6) is 0. The third-order valence-corrected chi connectivity index (χ3v) is 2.33. The molecule has 0 aromatic carbocycles. The smallest absolute Gasteiger partial charge is 0.0855 e. The molecule has 4 nitrogen and oxygen atoms in total. The van der Waals surface area contributed by atoms with Crippen molar-refractivity contribution in [3.8, 4) is 0 Å². The highest BCUT2D eigenvalue weighted by atomic mass is 16.5. The molecule has 0 saturated heterocycles. The first-order valence-electron chi connectivity index (χ1n) is 5.31. The van der Waals surface area contributed by atoms with Gasteiger partial charge in [0.05, 0.1) is 18.4 Å². The van der Waals surface area contributed by atoms with Gasteiger partial charge in [-0.1, -0.05) is 0 Å². The van der Waals surface area contributed by atoms with E-state index in [1.165, 1.54) is 0 Å². The summed E-state index contributed by atoms with van der Waals surface area (Å²) in [5.41, 5.74) is 0.403. The van der Waals surface area contributed by atoms with E-state index in [0.29, 0.717) is 19.6 Å². The lowest BCUT2D eigenvalue weighted by Gasteiger charge is -2.22. The summed E-state index contributed by atoms with van der Waals surface area (Å²) in [4.78, 5) is 0. The van der Waals surface area contributed by atoms with Crippen LogP contribution in [-0.4, -0.2) is 33.7 Å². The van der Waals surface area contributed by atoms with Crippen LogP contribution in [0, 0.1) is 0 Å². The van der Waals surface area contributed by atoms with Crippen LogP contribution in [0.1, 0.15) is 25.8 Å². The number of aryl methyl sites for hydroxylation is 2. The number of aromatic nitrogens is 2. The highest BCUT2D eigenvalue weighted by molar-refractivity contribution is 5.04. The maximum atomic E-state index is 9.96. The second kappa shape index (κ2) is 5.28. The minimum Gasteiger partial charge on any atom is -0.388 e. The zero-order valence-electron chi connectivity index (χ0n) is 9.73. The minimum atomic E-state index is -0.744. The van der Waals surface area contributed by atoms with Crippen LogP contribution in [0.5, 0.6) is 0 Å². The fraction of sp³-hybridized carbons (Fsp3) is 0.727. The molecule has 0 fully saturated rings. The zero-order chi connectivity index (χ0) is 11.3. The van der Waals surface area contributed by atoms with Crippen molar-refractivity contribution in [2.45, 2.75) is 32.3 Å². The molecule has 1 heterocycles. The Hall–Kier alpha value is -0.870. The first-order valence-corrected chi connectivity index (χ1v) is 5.31. The fourth-order valence-electron chi connectivity index (χ4n) is 1.41. The average molecular weight is 212 g/mol. The number of aliphatic hydroxyl groups is 1. The zero-order valence-corrected chi connectivity index (χ0v) is 9.73. The molecule has 15 heavy (non-hydrogen) atoms. The number of hydrogen-bond acceptors (Lipinski definition) is 3. The summed E-state index contributed by atoms with van der Waals surface area (Å²) in [5, 5.41) is 14.0. The van der Waals surface area contributed by atoms with Crippen molar-refractivity contribution in [2.24, 2.45) is 7.05 Å². The first kappa shape index (κ1) is 12.2. The van der Waals surface area contributed by atoms with E-state index in [1.54, 1.807) is 11.6 Å². The Morgan fingerprint density at radius 1 is 1.60 bits per heavy atom. The maximum Gasteiger partial charge on any atom is 0.0855 e. The predicted molar refractivity (Wildman–Crippen MR) is 58.6 cm³/mol. The third kappa shape index (κ3) is 4.44. The normalized spacial score (nSPS) is 15.2. The number of ether oxygens (including phenoxy) is 1. The molecule has 0 aliphatic rings. The number of hydrogen-bond donors (Lipinski definition) is 1. The van der Waals surface area contributed by atoms with Crippen molar-refractivity contribution >= 4 is 0 Å². The standard InChI is InChI=1S/C11H20N2O2/c1-4-15-9-11(2,14)6-5-10-7-12-13(3)8-10/h7-8,14H,4-6,9H2,1-3H3. The molecule has 1 N–H and O–H groups in total. The van der Waals surface area contributed by atoms with Gasteiger partial charge in [-0.2, -0.15) is 5.10 Å². The first-order chi connectivity index (χ1) is 7.03. The number of rotatable bonds is 6. The second-order valence-corrected chi connectivity index (χ2v) is 4.16. The molecule has 1 aromatic rings. The molecule has 0 bridgehead atoms. The Balaban J connectivity index is 2.35. The van der Waals surface area contributed by atoms with Crippen molar-refractivity contribution in [1.29, 1.82) is 0 Å². The molecule has 0 amide bonds. The molecule has 4 heteroatoms. The van der Waals surface area contributed by atoms with Crippen LogP contribution in [0.3, 0.4) is 0 Å². The van der Waals surface area contributed by atoms with Crippen LogP contribution in [0.15, 0.2) is 12.4 Å². The van der Waals surface area contributed by atoms with Gasteiger partial charge in [0.2, 0.25) is 0 Å². The van der Waals surface area contributed by atoms with Gasteiger partial charge in [0.1, 0.15) is 0 Å². The Bertz CT molecular complexity index is 295. The lowest BCUT2D eigenvalue weighted by Crippen LogP contribution is -2.31. The Labute approximate surface area is 90.9 Å². The van der Waals surface area contributed by atoms with Gasteiger partial charge in [0.25, 0.3) is 0 Å². The molecule has 1 aromatic heterocycles. The summed E-state index contributed by atoms with van der Waals surface area (Å²) in [6, 6.07) is 0. The van der Waals surface area contributed by atoms with Crippen molar-refractivity contribution in [2.75, 3.05) is 13.2 Å². The molecular weight excluding hydrogens is 192 g/mol. The van der Waals surface area contributed by atoms with Gasteiger partial charge in [-0.25, -0.2) is 0 Å². The lowest BCUT2D eigenvalue weighted by atomic mass is 9.99. The molecule has 0 spiro atoms. The monoisotopic (exact) mass is 212 g/mol. The van der Waals surface area contributed by atoms with Gasteiger partial charge in [-0.15, -0.1) is 0 Å². The molecule has 0 saturated carbocycles. The predicted octanol–water partition coefficient (Wildman–Crippen LogP) is 1.14. The number of nitrogens with zero attached hydrogens (tertiary/aromatic N) is 2. The summed E-state index contributed by atoms with van der Waals surface area (Å²) in [6.07, 6.45) is 5.32. The minimum absolute atomic E-state index is 0.393. The van der Waals surface area contributed by atoms with E-state index in [1.807, 2.05) is 26.4 Å². The fourth-order valence-corrected chi connectivity index (χ4v) is 1.41. The Morgan fingerprint density at radius 2 is 2.33 bits per heavy atom. The van der Waals surface area contributed by atoms with E-state index >= 15 is 0 Å². The van der Waals surface area contributed by atoms with Crippen LogP contribution in [0.25, 0.3) is 0 Å². The van der Waals surface area contributed by atoms with E-state index in [2.05, 4.69) is 5.10 Å². The van der Waals surface area contributed by atoms with Crippen LogP contribution in [-0.2, 0) is 18.2 Å². The van der Waals surface area contributed by atoms with Gasteiger partial charge < -0.3 is 9.84 Å². The lowest BCUT2D eigenvalue weighted by molar-refractivity contribution is -0.0352. The summed E-state index contributed by atoms with van der Waals surface area (Å²) in [6.45, 7) is 4.77. The van der Waals surface area contributed by atoms with Gasteiger partial charge in [0.15, 0.2) is 0 Å². The highest BCUT2D eigenvalue weighted by Gasteiger charge is 2.20. The van der Waals surface area contributed by atoms with E-state index in [-0.39, 0.29) is 0 Å². The summed E-state index contributed by atoms with van der Waals surface area (Å²) >= 11 is 0. The molecule has 0 aliphatic heterocycles. The Morgan fingerprint density at radius 3 is 2.87 bits per heavy atom. The Kier molecular flexibility index (Phi) is 4.29. The van der Waals surface area contributed by atoms with E-state index in [4.69, 9.17) is 4.74 Å². The van der Waals surface area contributed by atoms with Gasteiger partial charge >= 0.3 is 0 Å². The van der Waals surface area contributed by atoms with Crippen LogP contribution >= 0.6 is 0 Å². The average Bonchev–Trinajstić information content (AvgIpc) is 2.59. The van der Waals surface area contributed by atoms with E-state index in [9.17, 15) is 5.11 Å². The molecule has 1 unspecified atom stereocenters. The second-order valence-electron chi connectivity index (χ2n) is 4.16. The maximum absolute atomic E-state index is 9.96. The summed E-state index contributed by atoms with van der Waals surface area (Å²) < 4.78 is 6.99. The topological polar surface area (TPSA) is 47.3 Å². The molecule has 86 valence electrons. The molecular formula is C11H20N2O2. The third-order valence-electron chi connectivity index (χ3n) is 2.33. The van der Waals surface area contributed by atoms with Crippen molar-refractivity contribution < 1.29 is 9.84 Å². The van der Waals surface area contributed by atoms with E-state index < -0.39 is 5.60 Å². The van der Waals surface area contributed by atoms with Crippen molar-refractivity contribution in [3.05, 3.63) is 18.0 Å². The van der Waals surface area contributed by atoms with Gasteiger partial charge in [0, 0.05) is 19.9 Å². The van der Waals surface area contributed by atoms with Crippen LogP contribution in [0.2, 0.25) is 0 Å². The molecule has 1 atom stereocenters. The van der Waals surface area contributed by atoms with Gasteiger partial charge in [-0.05, 0) is 32.3 Å². The highest BCUT2D eigenvalue weighted by Crippen LogP contribution is 2.14.